The smallest absolute Gasteiger partial charge is 0.330 e. The van der Waals surface area contributed by atoms with Crippen LogP contribution in [0.15, 0.2) is 25.3 Å². The van der Waals surface area contributed by atoms with Crippen molar-refractivity contribution in [2.24, 2.45) is 0 Å². The van der Waals surface area contributed by atoms with Crippen LogP contribution in [0.2, 0.25) is 0 Å². The Morgan fingerprint density at radius 3 is 2.10 bits per heavy atom. The molecule has 4 heteroatoms. The van der Waals surface area contributed by atoms with Crippen molar-refractivity contribution in [3.63, 3.8) is 0 Å². The van der Waals surface area contributed by atoms with Crippen LogP contribution in [0.1, 0.15) is 47.5 Å². The Morgan fingerprint density at radius 2 is 1.70 bits per heavy atom. The lowest BCUT2D eigenvalue weighted by Gasteiger charge is -2.38. The third-order valence-electron chi connectivity index (χ3n) is 3.07. The van der Waals surface area contributed by atoms with Gasteiger partial charge in [-0.05, 0) is 40.2 Å². The van der Waals surface area contributed by atoms with E-state index in [1.165, 1.54) is 6.08 Å². The van der Waals surface area contributed by atoms with Crippen LogP contribution >= 0.6 is 0 Å². The van der Waals surface area contributed by atoms with Crippen molar-refractivity contribution in [1.29, 1.82) is 0 Å². The molecule has 0 aliphatic rings. The van der Waals surface area contributed by atoms with Crippen molar-refractivity contribution < 1.29 is 19.1 Å². The minimum absolute atomic E-state index is 0.204. The molecule has 0 fully saturated rings. The number of hydrogen-bond donors (Lipinski definition) is 0. The van der Waals surface area contributed by atoms with Gasteiger partial charge in [-0.2, -0.15) is 0 Å². The summed E-state index contributed by atoms with van der Waals surface area (Å²) in [6, 6.07) is 0. The van der Waals surface area contributed by atoms with E-state index in [-0.39, 0.29) is 5.78 Å². The fourth-order valence-electron chi connectivity index (χ4n) is 1.84. The zero-order valence-electron chi connectivity index (χ0n) is 13.2. The monoisotopic (exact) mass is 282 g/mol. The van der Waals surface area contributed by atoms with E-state index in [0.717, 1.165) is 12.5 Å². The van der Waals surface area contributed by atoms with Crippen molar-refractivity contribution in [3.05, 3.63) is 25.3 Å². The van der Waals surface area contributed by atoms with Gasteiger partial charge in [-0.3, -0.25) is 4.79 Å². The number of carbonyl (C=O) groups is 2. The normalized spacial score (nSPS) is 13.4. The van der Waals surface area contributed by atoms with Crippen molar-refractivity contribution >= 4 is 11.8 Å². The summed E-state index contributed by atoms with van der Waals surface area (Å²) >= 11 is 0. The highest BCUT2D eigenvalue weighted by Gasteiger charge is 2.39. The van der Waals surface area contributed by atoms with Gasteiger partial charge in [0.25, 0.3) is 0 Å². The molecule has 1 unspecified atom stereocenters. The maximum atomic E-state index is 11.8. The van der Waals surface area contributed by atoms with Gasteiger partial charge in [-0.25, -0.2) is 4.79 Å². The van der Waals surface area contributed by atoms with Crippen LogP contribution in [0.25, 0.3) is 0 Å². The molecule has 0 radical (unpaired) electrons. The molecule has 0 aliphatic carbocycles. The van der Waals surface area contributed by atoms with Crippen LogP contribution in [0.3, 0.4) is 0 Å². The maximum absolute atomic E-state index is 11.8. The van der Waals surface area contributed by atoms with E-state index in [0.29, 0.717) is 6.42 Å². The van der Waals surface area contributed by atoms with Gasteiger partial charge in [-0.15, -0.1) is 0 Å². The molecule has 0 spiro atoms. The first-order chi connectivity index (χ1) is 9.10. The van der Waals surface area contributed by atoms with E-state index in [1.807, 2.05) is 6.92 Å². The number of ether oxygens (including phenoxy) is 2. The summed E-state index contributed by atoms with van der Waals surface area (Å²) in [5, 5.41) is 0. The summed E-state index contributed by atoms with van der Waals surface area (Å²) in [5.41, 5.74) is -1.85. The van der Waals surface area contributed by atoms with Crippen molar-refractivity contribution in [2.45, 2.75) is 64.8 Å². The van der Waals surface area contributed by atoms with Gasteiger partial charge < -0.3 is 9.47 Å². The van der Waals surface area contributed by atoms with E-state index in [9.17, 15) is 9.59 Å². The zero-order valence-corrected chi connectivity index (χ0v) is 13.2. The Hall–Kier alpha value is -1.42. The predicted molar refractivity (Wildman–Crippen MR) is 79.4 cm³/mol. The fraction of sp³-hybridized carbons (Fsp3) is 0.625. The Bertz CT molecular complexity index is 380. The number of hydrogen-bond acceptors (Lipinski definition) is 4. The molecule has 4 nitrogen and oxygen atoms in total. The third-order valence-corrected chi connectivity index (χ3v) is 3.07. The molecular formula is C16H26O4. The lowest BCUT2D eigenvalue weighted by molar-refractivity contribution is -0.186. The highest BCUT2D eigenvalue weighted by atomic mass is 16.6. The molecule has 0 N–H and O–H groups in total. The Morgan fingerprint density at radius 1 is 1.15 bits per heavy atom. The molecule has 0 bridgehead atoms. The van der Waals surface area contributed by atoms with Gasteiger partial charge in [0.2, 0.25) is 0 Å². The number of rotatable bonds is 9. The summed E-state index contributed by atoms with van der Waals surface area (Å²) in [6.07, 6.45) is 3.48. The summed E-state index contributed by atoms with van der Waals surface area (Å²) in [7, 11) is 0. The van der Waals surface area contributed by atoms with Crippen molar-refractivity contribution in [1.82, 2.24) is 0 Å². The van der Waals surface area contributed by atoms with Gasteiger partial charge in [0.05, 0.1) is 6.10 Å². The molecular weight excluding hydrogens is 256 g/mol. The van der Waals surface area contributed by atoms with Crippen LogP contribution in [-0.2, 0) is 19.1 Å². The van der Waals surface area contributed by atoms with Crippen LogP contribution in [0.5, 0.6) is 0 Å². The maximum Gasteiger partial charge on any atom is 0.330 e. The largest absolute Gasteiger partial charge is 0.454 e. The van der Waals surface area contributed by atoms with Crippen molar-refractivity contribution in [3.8, 4) is 0 Å². The molecule has 0 aliphatic heterocycles. The minimum Gasteiger partial charge on any atom is -0.454 e. The second-order valence-corrected chi connectivity index (χ2v) is 5.70. The molecule has 20 heavy (non-hydrogen) atoms. The first-order valence-electron chi connectivity index (χ1n) is 6.80. The molecule has 0 amide bonds. The van der Waals surface area contributed by atoms with Gasteiger partial charge in [0.15, 0.2) is 5.78 Å². The summed E-state index contributed by atoms with van der Waals surface area (Å²) in [6.45, 7) is 15.8. The first kappa shape index (κ1) is 18.6. The Balaban J connectivity index is 5.13. The molecule has 1 atom stereocenters. The average Bonchev–Trinajstić information content (AvgIpc) is 2.36. The van der Waals surface area contributed by atoms with Gasteiger partial charge in [0.1, 0.15) is 11.2 Å². The lowest BCUT2D eigenvalue weighted by Crippen LogP contribution is -2.48. The molecule has 0 aromatic carbocycles. The molecule has 0 saturated carbocycles. The summed E-state index contributed by atoms with van der Waals surface area (Å²) in [5.74, 6) is -0.711. The van der Waals surface area contributed by atoms with E-state index in [4.69, 9.17) is 9.47 Å². The highest BCUT2D eigenvalue weighted by Crippen LogP contribution is 2.27. The SMILES string of the molecule is C=CC(=O)OC(C)(C)C(CCC)OC(C)(C)C(=O)C=C. The molecule has 0 aromatic rings. The van der Waals surface area contributed by atoms with Gasteiger partial charge in [-0.1, -0.05) is 26.5 Å². The highest BCUT2D eigenvalue weighted by molar-refractivity contribution is 5.95. The second kappa shape index (κ2) is 7.39. The molecule has 114 valence electrons. The average molecular weight is 282 g/mol. The van der Waals surface area contributed by atoms with E-state index >= 15 is 0 Å². The summed E-state index contributed by atoms with van der Waals surface area (Å²) < 4.78 is 11.3. The molecule has 0 aromatic heterocycles. The van der Waals surface area contributed by atoms with Crippen LogP contribution < -0.4 is 0 Å². The molecule has 0 rings (SSSR count). The fourth-order valence-corrected chi connectivity index (χ4v) is 1.84. The Kier molecular flexibility index (Phi) is 6.86. The van der Waals surface area contributed by atoms with Crippen LogP contribution in [0, 0.1) is 0 Å². The summed E-state index contributed by atoms with van der Waals surface area (Å²) in [4.78, 5) is 23.2. The molecule has 0 saturated heterocycles. The number of ketones is 1. The number of carbonyl (C=O) groups excluding carboxylic acids is 2. The Labute approximate surface area is 121 Å². The predicted octanol–water partition coefficient (Wildman–Crippen LogP) is 3.21. The second-order valence-electron chi connectivity index (χ2n) is 5.70. The topological polar surface area (TPSA) is 52.6 Å². The zero-order chi connectivity index (χ0) is 16.0. The van der Waals surface area contributed by atoms with Gasteiger partial charge in [0, 0.05) is 6.08 Å². The van der Waals surface area contributed by atoms with Crippen LogP contribution in [0.4, 0.5) is 0 Å². The van der Waals surface area contributed by atoms with E-state index in [2.05, 4.69) is 13.2 Å². The third kappa shape index (κ3) is 5.29. The van der Waals surface area contributed by atoms with Gasteiger partial charge >= 0.3 is 5.97 Å². The quantitative estimate of drug-likeness (QED) is 0.481. The van der Waals surface area contributed by atoms with Crippen LogP contribution in [-0.4, -0.2) is 29.1 Å². The first-order valence-corrected chi connectivity index (χ1v) is 6.80. The standard InChI is InChI=1S/C16H26O4/c1-8-11-13(16(6,7)20-14(18)10-3)19-15(4,5)12(17)9-2/h9-10,13H,2-3,8,11H2,1,4-7H3. The van der Waals surface area contributed by atoms with E-state index in [1.54, 1.807) is 27.7 Å². The minimum atomic E-state index is -1.00. The van der Waals surface area contributed by atoms with Crippen molar-refractivity contribution in [2.75, 3.05) is 0 Å². The molecule has 0 heterocycles. The van der Waals surface area contributed by atoms with E-state index < -0.39 is 23.3 Å². The lowest BCUT2D eigenvalue weighted by atomic mass is 9.94. The number of esters is 1.